The molecule has 0 aliphatic heterocycles. The van der Waals surface area contributed by atoms with Crippen molar-refractivity contribution >= 4 is 23.0 Å². The molecule has 0 spiro atoms. The fraction of sp³-hybridized carbons (Fsp3) is 0. The van der Waals surface area contributed by atoms with Crippen LogP contribution in [0.25, 0.3) is 11.3 Å². The third-order valence-electron chi connectivity index (χ3n) is 2.90. The molecule has 0 amide bonds. The lowest BCUT2D eigenvalue weighted by Gasteiger charge is -2.07. The Morgan fingerprint density at radius 3 is 2.65 bits per heavy atom. The molecule has 0 fully saturated rings. The lowest BCUT2D eigenvalue weighted by atomic mass is 10.1. The topological polar surface area (TPSA) is 60.9 Å². The molecule has 1 heterocycles. The molecular formula is C15H12ClN3O. The highest BCUT2D eigenvalue weighted by Crippen LogP contribution is 2.29. The SMILES string of the molecule is Oc1ccc(-c2[nH]ncc2Nc2cccc(Cl)c2)cc1. The van der Waals surface area contributed by atoms with Crippen molar-refractivity contribution < 1.29 is 5.11 Å². The molecule has 0 saturated heterocycles. The van der Waals surface area contributed by atoms with Crippen LogP contribution in [0.15, 0.2) is 54.7 Å². The predicted molar refractivity (Wildman–Crippen MR) is 80.4 cm³/mol. The van der Waals surface area contributed by atoms with Gasteiger partial charge in [0.15, 0.2) is 0 Å². The highest BCUT2D eigenvalue weighted by atomic mass is 35.5. The summed E-state index contributed by atoms with van der Waals surface area (Å²) >= 11 is 5.97. The number of hydrogen-bond donors (Lipinski definition) is 3. The Balaban J connectivity index is 1.92. The van der Waals surface area contributed by atoms with Crippen molar-refractivity contribution in [3.05, 3.63) is 59.8 Å². The predicted octanol–water partition coefficient (Wildman–Crippen LogP) is 4.18. The van der Waals surface area contributed by atoms with E-state index < -0.39 is 0 Å². The molecule has 100 valence electrons. The Morgan fingerprint density at radius 1 is 1.10 bits per heavy atom. The molecule has 3 rings (SSSR count). The molecule has 0 aliphatic rings. The van der Waals surface area contributed by atoms with Crippen LogP contribution in [0.3, 0.4) is 0 Å². The molecule has 3 aromatic rings. The maximum Gasteiger partial charge on any atom is 0.115 e. The van der Waals surface area contributed by atoms with Crippen molar-refractivity contribution in [2.24, 2.45) is 0 Å². The van der Waals surface area contributed by atoms with Gasteiger partial charge in [0.25, 0.3) is 0 Å². The van der Waals surface area contributed by atoms with Crippen molar-refractivity contribution in [2.75, 3.05) is 5.32 Å². The fourth-order valence-corrected chi connectivity index (χ4v) is 2.14. The van der Waals surface area contributed by atoms with Crippen LogP contribution in [0.2, 0.25) is 5.02 Å². The first-order chi connectivity index (χ1) is 9.72. The number of phenolic OH excluding ortho intramolecular Hbond substituents is 1. The Labute approximate surface area is 121 Å². The lowest BCUT2D eigenvalue weighted by Crippen LogP contribution is -1.91. The fourth-order valence-electron chi connectivity index (χ4n) is 1.95. The first-order valence-corrected chi connectivity index (χ1v) is 6.45. The third kappa shape index (κ3) is 2.60. The van der Waals surface area contributed by atoms with E-state index in [4.69, 9.17) is 11.6 Å². The van der Waals surface area contributed by atoms with Crippen LogP contribution in [0.4, 0.5) is 11.4 Å². The van der Waals surface area contributed by atoms with Gasteiger partial charge in [-0.15, -0.1) is 0 Å². The summed E-state index contributed by atoms with van der Waals surface area (Å²) in [7, 11) is 0. The molecule has 2 aromatic carbocycles. The van der Waals surface area contributed by atoms with Crippen molar-refractivity contribution in [1.82, 2.24) is 10.2 Å². The Hall–Kier alpha value is -2.46. The van der Waals surface area contributed by atoms with Crippen molar-refractivity contribution in [3.8, 4) is 17.0 Å². The van der Waals surface area contributed by atoms with Gasteiger partial charge in [0.2, 0.25) is 0 Å². The minimum absolute atomic E-state index is 0.234. The van der Waals surface area contributed by atoms with Gasteiger partial charge in [-0.25, -0.2) is 0 Å². The van der Waals surface area contributed by atoms with Gasteiger partial charge in [0.1, 0.15) is 5.75 Å². The van der Waals surface area contributed by atoms with Crippen molar-refractivity contribution in [2.45, 2.75) is 0 Å². The molecule has 0 atom stereocenters. The Kier molecular flexibility index (Phi) is 3.31. The summed E-state index contributed by atoms with van der Waals surface area (Å²) in [5.74, 6) is 0.234. The van der Waals surface area contributed by atoms with E-state index in [1.807, 2.05) is 36.4 Å². The normalized spacial score (nSPS) is 10.4. The Morgan fingerprint density at radius 2 is 1.90 bits per heavy atom. The monoisotopic (exact) mass is 285 g/mol. The average Bonchev–Trinajstić information content (AvgIpc) is 2.88. The van der Waals surface area contributed by atoms with E-state index in [0.717, 1.165) is 22.6 Å². The maximum absolute atomic E-state index is 9.33. The van der Waals surface area contributed by atoms with E-state index in [2.05, 4.69) is 15.5 Å². The summed E-state index contributed by atoms with van der Waals surface area (Å²) in [6, 6.07) is 14.4. The number of anilines is 2. The van der Waals surface area contributed by atoms with Crippen molar-refractivity contribution in [3.63, 3.8) is 0 Å². The number of H-pyrrole nitrogens is 1. The number of halogens is 1. The van der Waals surface area contributed by atoms with Crippen LogP contribution in [0.1, 0.15) is 0 Å². The number of nitrogens with one attached hydrogen (secondary N) is 2. The summed E-state index contributed by atoms with van der Waals surface area (Å²) < 4.78 is 0. The second-order valence-corrected chi connectivity index (χ2v) is 4.78. The second kappa shape index (κ2) is 5.27. The quantitative estimate of drug-likeness (QED) is 0.676. The van der Waals surface area contributed by atoms with Crippen LogP contribution in [-0.4, -0.2) is 15.3 Å². The molecule has 5 heteroatoms. The molecule has 0 unspecified atom stereocenters. The maximum atomic E-state index is 9.33. The van der Waals surface area contributed by atoms with E-state index in [-0.39, 0.29) is 5.75 Å². The molecule has 0 saturated carbocycles. The zero-order chi connectivity index (χ0) is 13.9. The van der Waals surface area contributed by atoms with Gasteiger partial charge >= 0.3 is 0 Å². The zero-order valence-corrected chi connectivity index (χ0v) is 11.2. The number of phenols is 1. The molecule has 0 aliphatic carbocycles. The molecule has 1 aromatic heterocycles. The van der Waals surface area contributed by atoms with Crippen molar-refractivity contribution in [1.29, 1.82) is 0 Å². The van der Waals surface area contributed by atoms with Gasteiger partial charge < -0.3 is 10.4 Å². The van der Waals surface area contributed by atoms with E-state index in [9.17, 15) is 5.11 Å². The number of aromatic amines is 1. The first-order valence-electron chi connectivity index (χ1n) is 6.08. The van der Waals surface area contributed by atoms with Crippen LogP contribution in [0, 0.1) is 0 Å². The average molecular weight is 286 g/mol. The number of aromatic hydroxyl groups is 1. The zero-order valence-electron chi connectivity index (χ0n) is 10.5. The minimum Gasteiger partial charge on any atom is -0.508 e. The van der Waals surface area contributed by atoms with Gasteiger partial charge in [0, 0.05) is 16.3 Å². The molecule has 3 N–H and O–H groups in total. The van der Waals surface area contributed by atoms with E-state index >= 15 is 0 Å². The Bertz CT molecular complexity index is 722. The van der Waals surface area contributed by atoms with Crippen LogP contribution >= 0.6 is 11.6 Å². The molecule has 0 radical (unpaired) electrons. The van der Waals surface area contributed by atoms with Crippen LogP contribution in [-0.2, 0) is 0 Å². The third-order valence-corrected chi connectivity index (χ3v) is 3.13. The number of aromatic nitrogens is 2. The summed E-state index contributed by atoms with van der Waals surface area (Å²) in [6.45, 7) is 0. The smallest absolute Gasteiger partial charge is 0.115 e. The van der Waals surface area contributed by atoms with Gasteiger partial charge in [-0.2, -0.15) is 5.10 Å². The van der Waals surface area contributed by atoms with Crippen LogP contribution < -0.4 is 5.32 Å². The van der Waals surface area contributed by atoms with Gasteiger partial charge in [-0.05, 0) is 42.5 Å². The number of benzene rings is 2. The van der Waals surface area contributed by atoms with Gasteiger partial charge in [0.05, 0.1) is 17.6 Å². The molecular weight excluding hydrogens is 274 g/mol. The lowest BCUT2D eigenvalue weighted by molar-refractivity contribution is 0.475. The minimum atomic E-state index is 0.234. The standard InChI is InChI=1S/C15H12ClN3O/c16-11-2-1-3-12(8-11)18-14-9-17-19-15(14)10-4-6-13(20)7-5-10/h1-9,18,20H,(H,17,19). The van der Waals surface area contributed by atoms with E-state index in [0.29, 0.717) is 5.02 Å². The van der Waals surface area contributed by atoms with Crippen LogP contribution in [0.5, 0.6) is 5.75 Å². The number of nitrogens with zero attached hydrogens (tertiary/aromatic N) is 1. The summed E-state index contributed by atoms with van der Waals surface area (Å²) in [4.78, 5) is 0. The number of hydrogen-bond acceptors (Lipinski definition) is 3. The highest BCUT2D eigenvalue weighted by Gasteiger charge is 2.08. The largest absolute Gasteiger partial charge is 0.508 e. The molecule has 0 bridgehead atoms. The highest BCUT2D eigenvalue weighted by molar-refractivity contribution is 6.30. The van der Waals surface area contributed by atoms with E-state index in [1.54, 1.807) is 18.3 Å². The molecule has 4 nitrogen and oxygen atoms in total. The number of rotatable bonds is 3. The second-order valence-electron chi connectivity index (χ2n) is 4.34. The summed E-state index contributed by atoms with van der Waals surface area (Å²) in [6.07, 6.45) is 1.71. The van der Waals surface area contributed by atoms with E-state index in [1.165, 1.54) is 0 Å². The van der Waals surface area contributed by atoms with Gasteiger partial charge in [-0.3, -0.25) is 5.10 Å². The van der Waals surface area contributed by atoms with Gasteiger partial charge in [-0.1, -0.05) is 17.7 Å². The first kappa shape index (κ1) is 12.6. The summed E-state index contributed by atoms with van der Waals surface area (Å²) in [5.41, 5.74) is 3.52. The molecule has 20 heavy (non-hydrogen) atoms. The summed E-state index contributed by atoms with van der Waals surface area (Å²) in [5, 5.41) is 20.3.